The average Bonchev–Trinajstić information content (AvgIpc) is 3.28. The van der Waals surface area contributed by atoms with Gasteiger partial charge in [0.05, 0.1) is 18.7 Å². The first-order valence-electron chi connectivity index (χ1n) is 9.04. The van der Waals surface area contributed by atoms with E-state index in [4.69, 9.17) is 4.74 Å². The predicted octanol–water partition coefficient (Wildman–Crippen LogP) is 2.65. The molecule has 0 saturated carbocycles. The molecule has 3 atom stereocenters. The van der Waals surface area contributed by atoms with Crippen molar-refractivity contribution in [3.8, 4) is 0 Å². The van der Waals surface area contributed by atoms with Gasteiger partial charge in [-0.05, 0) is 41.8 Å². The number of hydrogen-bond donors (Lipinski definition) is 1. The Morgan fingerprint density at radius 2 is 1.89 bits per heavy atom. The van der Waals surface area contributed by atoms with E-state index in [1.54, 1.807) is 30.3 Å². The van der Waals surface area contributed by atoms with Gasteiger partial charge in [-0.25, -0.2) is 9.18 Å². The number of hydrogen-bond acceptors (Lipinski definition) is 4. The van der Waals surface area contributed by atoms with Crippen LogP contribution in [0.4, 0.5) is 4.39 Å². The molecule has 1 amide bonds. The molecule has 2 saturated heterocycles. The van der Waals surface area contributed by atoms with Gasteiger partial charge in [-0.3, -0.25) is 4.79 Å². The Hall–Kier alpha value is -2.73. The maximum absolute atomic E-state index is 13.8. The van der Waals surface area contributed by atoms with Crippen LogP contribution in [0.2, 0.25) is 0 Å². The molecule has 2 aliphatic rings. The number of benzene rings is 2. The van der Waals surface area contributed by atoms with Crippen LogP contribution in [-0.4, -0.2) is 43.5 Å². The monoisotopic (exact) mass is 368 g/mol. The van der Waals surface area contributed by atoms with Gasteiger partial charge in [0.25, 0.3) is 5.91 Å². The van der Waals surface area contributed by atoms with E-state index >= 15 is 0 Å². The maximum Gasteiger partial charge on any atom is 0.337 e. The first kappa shape index (κ1) is 17.7. The quantitative estimate of drug-likeness (QED) is 0.847. The number of fused-ring (bicyclic) bond motifs is 1. The van der Waals surface area contributed by atoms with Crippen molar-refractivity contribution < 1.29 is 18.7 Å². The maximum atomic E-state index is 13.8. The van der Waals surface area contributed by atoms with E-state index < -0.39 is 5.97 Å². The third kappa shape index (κ3) is 3.21. The molecule has 2 heterocycles. The zero-order valence-electron chi connectivity index (χ0n) is 15.0. The van der Waals surface area contributed by atoms with Crippen LogP contribution in [-0.2, 0) is 4.74 Å². The van der Waals surface area contributed by atoms with Crippen molar-refractivity contribution in [3.63, 3.8) is 0 Å². The highest BCUT2D eigenvalue weighted by molar-refractivity contribution is 5.98. The lowest BCUT2D eigenvalue weighted by atomic mass is 9.89. The second kappa shape index (κ2) is 7.12. The molecule has 140 valence electrons. The van der Waals surface area contributed by atoms with Crippen molar-refractivity contribution in [3.05, 3.63) is 71.0 Å². The molecule has 4 rings (SSSR count). The van der Waals surface area contributed by atoms with Gasteiger partial charge in [-0.1, -0.05) is 18.2 Å². The number of amides is 1. The van der Waals surface area contributed by atoms with Gasteiger partial charge < -0.3 is 15.0 Å². The van der Waals surface area contributed by atoms with Crippen molar-refractivity contribution in [2.24, 2.45) is 11.8 Å². The Balaban J connectivity index is 1.69. The fourth-order valence-corrected chi connectivity index (χ4v) is 4.31. The van der Waals surface area contributed by atoms with Crippen molar-refractivity contribution in [2.45, 2.75) is 6.04 Å². The second-order valence-corrected chi connectivity index (χ2v) is 7.11. The minimum absolute atomic E-state index is 0.149. The summed E-state index contributed by atoms with van der Waals surface area (Å²) in [7, 11) is 1.31. The SMILES string of the molecule is COC(=O)c1cccc(C(=O)N2C[C@@H]3CNC[C@@H]3[C@H]2c2cccc(F)c2)c1. The molecule has 0 aliphatic carbocycles. The summed E-state index contributed by atoms with van der Waals surface area (Å²) in [6.45, 7) is 2.26. The van der Waals surface area contributed by atoms with Crippen molar-refractivity contribution >= 4 is 11.9 Å². The molecular formula is C21H21FN2O3. The molecule has 2 fully saturated rings. The summed E-state index contributed by atoms with van der Waals surface area (Å²) in [6, 6.07) is 12.8. The van der Waals surface area contributed by atoms with Crippen LogP contribution >= 0.6 is 0 Å². The van der Waals surface area contributed by atoms with E-state index in [0.29, 0.717) is 23.6 Å². The molecule has 1 N–H and O–H groups in total. The first-order valence-corrected chi connectivity index (χ1v) is 9.04. The highest BCUT2D eigenvalue weighted by Gasteiger charge is 2.46. The number of nitrogens with one attached hydrogen (secondary N) is 1. The van der Waals surface area contributed by atoms with Gasteiger partial charge in [-0.2, -0.15) is 0 Å². The average molecular weight is 368 g/mol. The summed E-state index contributed by atoms with van der Waals surface area (Å²) in [5.74, 6) is -0.342. The molecule has 27 heavy (non-hydrogen) atoms. The number of esters is 1. The smallest absolute Gasteiger partial charge is 0.337 e. The van der Waals surface area contributed by atoms with Crippen molar-refractivity contribution in [1.82, 2.24) is 10.2 Å². The number of nitrogens with zero attached hydrogens (tertiary/aromatic N) is 1. The van der Waals surface area contributed by atoms with Crippen LogP contribution in [0.1, 0.15) is 32.3 Å². The standard InChI is InChI=1S/C21H21FN2O3/c1-27-21(26)15-6-2-5-14(8-15)20(25)24-12-16-10-23-11-18(16)19(24)13-4-3-7-17(22)9-13/h2-9,16,18-19,23H,10-12H2,1H3/t16-,18-,19+/m0/s1. The number of methoxy groups -OCH3 is 1. The molecule has 2 aromatic carbocycles. The normalized spacial score (nSPS) is 23.9. The molecule has 2 aromatic rings. The van der Waals surface area contributed by atoms with E-state index in [-0.39, 0.29) is 23.7 Å². The third-order valence-corrected chi connectivity index (χ3v) is 5.55. The highest BCUT2D eigenvalue weighted by atomic mass is 19.1. The number of ether oxygens (including phenoxy) is 1. The molecule has 0 bridgehead atoms. The number of rotatable bonds is 3. The van der Waals surface area contributed by atoms with E-state index in [9.17, 15) is 14.0 Å². The second-order valence-electron chi connectivity index (χ2n) is 7.11. The van der Waals surface area contributed by atoms with Crippen LogP contribution < -0.4 is 5.32 Å². The van der Waals surface area contributed by atoms with Crippen LogP contribution in [0.5, 0.6) is 0 Å². The van der Waals surface area contributed by atoms with Gasteiger partial charge in [0.2, 0.25) is 0 Å². The summed E-state index contributed by atoms with van der Waals surface area (Å²) < 4.78 is 18.6. The molecule has 0 spiro atoms. The van der Waals surface area contributed by atoms with E-state index in [0.717, 1.165) is 18.7 Å². The zero-order chi connectivity index (χ0) is 19.0. The molecular weight excluding hydrogens is 347 g/mol. The summed E-state index contributed by atoms with van der Waals surface area (Å²) in [5, 5.41) is 3.38. The lowest BCUT2D eigenvalue weighted by Crippen LogP contribution is -2.34. The van der Waals surface area contributed by atoms with Gasteiger partial charge in [0.1, 0.15) is 5.82 Å². The lowest BCUT2D eigenvalue weighted by Gasteiger charge is -2.28. The largest absolute Gasteiger partial charge is 0.465 e. The van der Waals surface area contributed by atoms with Crippen LogP contribution in [0.25, 0.3) is 0 Å². The third-order valence-electron chi connectivity index (χ3n) is 5.55. The van der Waals surface area contributed by atoms with Crippen LogP contribution in [0.3, 0.4) is 0 Å². The van der Waals surface area contributed by atoms with Crippen molar-refractivity contribution in [2.75, 3.05) is 26.7 Å². The topological polar surface area (TPSA) is 58.6 Å². The van der Waals surface area contributed by atoms with E-state index in [2.05, 4.69) is 5.32 Å². The summed E-state index contributed by atoms with van der Waals surface area (Å²) in [5.41, 5.74) is 1.59. The minimum atomic E-state index is -0.478. The summed E-state index contributed by atoms with van der Waals surface area (Å²) in [6.07, 6.45) is 0. The Kier molecular flexibility index (Phi) is 4.66. The fourth-order valence-electron chi connectivity index (χ4n) is 4.31. The number of likely N-dealkylation sites (tertiary alicyclic amines) is 1. The number of carbonyl (C=O) groups is 2. The van der Waals surface area contributed by atoms with Gasteiger partial charge in [-0.15, -0.1) is 0 Å². The Morgan fingerprint density at radius 1 is 1.11 bits per heavy atom. The van der Waals surface area contributed by atoms with Gasteiger partial charge in [0, 0.05) is 31.1 Å². The zero-order valence-corrected chi connectivity index (χ0v) is 15.0. The molecule has 0 radical (unpaired) electrons. The van der Waals surface area contributed by atoms with Crippen molar-refractivity contribution in [1.29, 1.82) is 0 Å². The Labute approximate surface area is 157 Å². The van der Waals surface area contributed by atoms with Crippen LogP contribution in [0.15, 0.2) is 48.5 Å². The van der Waals surface area contributed by atoms with Gasteiger partial charge in [0.15, 0.2) is 0 Å². The number of halogens is 1. The molecule has 5 nitrogen and oxygen atoms in total. The fraction of sp³-hybridized carbons (Fsp3) is 0.333. The lowest BCUT2D eigenvalue weighted by molar-refractivity contribution is 0.0600. The van der Waals surface area contributed by atoms with Crippen LogP contribution in [0, 0.1) is 17.7 Å². The Morgan fingerprint density at radius 3 is 2.67 bits per heavy atom. The summed E-state index contributed by atoms with van der Waals surface area (Å²) >= 11 is 0. The van der Waals surface area contributed by atoms with Gasteiger partial charge >= 0.3 is 5.97 Å². The minimum Gasteiger partial charge on any atom is -0.465 e. The molecule has 0 aromatic heterocycles. The first-order chi connectivity index (χ1) is 13.1. The Bertz CT molecular complexity index is 885. The van der Waals surface area contributed by atoms with E-state index in [1.165, 1.54) is 19.2 Å². The summed E-state index contributed by atoms with van der Waals surface area (Å²) in [4.78, 5) is 26.9. The number of carbonyl (C=O) groups excluding carboxylic acids is 2. The predicted molar refractivity (Wildman–Crippen MR) is 97.8 cm³/mol. The molecule has 0 unspecified atom stereocenters. The van der Waals surface area contributed by atoms with E-state index in [1.807, 2.05) is 11.0 Å². The highest BCUT2D eigenvalue weighted by Crippen LogP contribution is 2.43. The molecule has 2 aliphatic heterocycles. The molecule has 6 heteroatoms.